The largest absolute Gasteiger partial charge is 0.299 e. The van der Waals surface area contributed by atoms with Crippen molar-refractivity contribution in [2.45, 2.75) is 44.3 Å². The van der Waals surface area contributed by atoms with E-state index >= 15 is 0 Å². The summed E-state index contributed by atoms with van der Waals surface area (Å²) in [4.78, 5) is 9.32. The Hall–Kier alpha value is -1.78. The number of hydrogen-bond donors (Lipinski definition) is 0. The zero-order valence-corrected chi connectivity index (χ0v) is 14.7. The first-order valence-electron chi connectivity index (χ1n) is 9.34. The molecular formula is C21H26FN3. The van der Waals surface area contributed by atoms with Crippen LogP contribution in [-0.4, -0.2) is 40.0 Å². The quantitative estimate of drug-likeness (QED) is 0.843. The van der Waals surface area contributed by atoms with Gasteiger partial charge in [-0.1, -0.05) is 12.1 Å². The number of benzene rings is 1. The number of nitrogens with zero attached hydrogens (tertiary/aromatic N) is 3. The fourth-order valence-electron chi connectivity index (χ4n) is 4.49. The van der Waals surface area contributed by atoms with E-state index in [1.54, 1.807) is 12.1 Å². The van der Waals surface area contributed by atoms with Gasteiger partial charge in [0.1, 0.15) is 5.82 Å². The molecule has 3 heterocycles. The molecule has 0 unspecified atom stereocenters. The minimum Gasteiger partial charge on any atom is -0.299 e. The molecule has 0 aliphatic carbocycles. The smallest absolute Gasteiger partial charge is 0.123 e. The molecule has 2 saturated heterocycles. The van der Waals surface area contributed by atoms with Crippen LogP contribution in [0.3, 0.4) is 0 Å². The monoisotopic (exact) mass is 339 g/mol. The lowest BCUT2D eigenvalue weighted by atomic mass is 9.84. The maximum atomic E-state index is 13.1. The fourth-order valence-corrected chi connectivity index (χ4v) is 4.49. The lowest BCUT2D eigenvalue weighted by Gasteiger charge is -2.45. The van der Waals surface area contributed by atoms with E-state index in [4.69, 9.17) is 0 Å². The molecule has 0 N–H and O–H groups in total. The maximum Gasteiger partial charge on any atom is 0.123 e. The average molecular weight is 339 g/mol. The summed E-state index contributed by atoms with van der Waals surface area (Å²) in [6.45, 7) is 5.45. The molecule has 0 radical (unpaired) electrons. The summed E-state index contributed by atoms with van der Waals surface area (Å²) < 4.78 is 13.1. The van der Waals surface area contributed by atoms with Gasteiger partial charge >= 0.3 is 0 Å². The van der Waals surface area contributed by atoms with E-state index in [-0.39, 0.29) is 5.82 Å². The van der Waals surface area contributed by atoms with Crippen molar-refractivity contribution in [2.75, 3.05) is 19.6 Å². The molecule has 1 aromatic heterocycles. The summed E-state index contributed by atoms with van der Waals surface area (Å²) in [5, 5.41) is 0. The average Bonchev–Trinajstić information content (AvgIpc) is 3.02. The van der Waals surface area contributed by atoms with Gasteiger partial charge in [0.25, 0.3) is 0 Å². The van der Waals surface area contributed by atoms with Crippen LogP contribution in [0.25, 0.3) is 0 Å². The van der Waals surface area contributed by atoms with Crippen LogP contribution in [0, 0.1) is 5.82 Å². The SMILES string of the molecule is Fc1ccc(CN2CCCC23CCN(Cc2ccncc2)CC3)cc1. The van der Waals surface area contributed by atoms with E-state index in [0.29, 0.717) is 5.54 Å². The number of likely N-dealkylation sites (tertiary alicyclic amines) is 2. The van der Waals surface area contributed by atoms with Gasteiger partial charge in [0, 0.05) is 44.1 Å². The van der Waals surface area contributed by atoms with Crippen molar-refractivity contribution in [3.63, 3.8) is 0 Å². The molecule has 4 rings (SSSR count). The van der Waals surface area contributed by atoms with Gasteiger partial charge in [-0.3, -0.25) is 14.8 Å². The molecule has 2 aromatic rings. The van der Waals surface area contributed by atoms with Gasteiger partial charge < -0.3 is 0 Å². The van der Waals surface area contributed by atoms with E-state index in [9.17, 15) is 4.39 Å². The molecule has 4 heteroatoms. The predicted molar refractivity (Wildman–Crippen MR) is 97.5 cm³/mol. The van der Waals surface area contributed by atoms with Crippen LogP contribution in [0.1, 0.15) is 36.8 Å². The van der Waals surface area contributed by atoms with Gasteiger partial charge in [-0.05, 0) is 67.6 Å². The number of pyridine rings is 1. The number of aromatic nitrogens is 1. The first kappa shape index (κ1) is 16.7. The van der Waals surface area contributed by atoms with Crippen molar-refractivity contribution in [1.29, 1.82) is 0 Å². The Labute approximate surface area is 149 Å². The van der Waals surface area contributed by atoms with Gasteiger partial charge in [-0.15, -0.1) is 0 Å². The third-order valence-electron chi connectivity index (χ3n) is 5.97. The Bertz CT molecular complexity index is 678. The topological polar surface area (TPSA) is 19.4 Å². The summed E-state index contributed by atoms with van der Waals surface area (Å²) in [6.07, 6.45) is 8.81. The van der Waals surface area contributed by atoms with Crippen molar-refractivity contribution in [3.8, 4) is 0 Å². The van der Waals surface area contributed by atoms with Crippen molar-refractivity contribution in [3.05, 3.63) is 65.7 Å². The molecular weight excluding hydrogens is 313 g/mol. The second-order valence-corrected chi connectivity index (χ2v) is 7.51. The standard InChI is InChI=1S/C21H26FN3/c22-20-4-2-18(3-5-20)17-25-13-1-8-21(25)9-14-24(15-10-21)16-19-6-11-23-12-7-19/h2-7,11-12H,1,8-10,13-17H2. The van der Waals surface area contributed by atoms with Gasteiger partial charge in [0.05, 0.1) is 0 Å². The highest BCUT2D eigenvalue weighted by Gasteiger charge is 2.42. The van der Waals surface area contributed by atoms with E-state index in [1.807, 2.05) is 24.5 Å². The molecule has 25 heavy (non-hydrogen) atoms. The molecule has 0 bridgehead atoms. The Kier molecular flexibility index (Phi) is 4.82. The van der Waals surface area contributed by atoms with Gasteiger partial charge in [-0.25, -0.2) is 4.39 Å². The van der Waals surface area contributed by atoms with Crippen LogP contribution in [0.2, 0.25) is 0 Å². The van der Waals surface area contributed by atoms with Gasteiger partial charge in [0.2, 0.25) is 0 Å². The number of hydrogen-bond acceptors (Lipinski definition) is 3. The third kappa shape index (κ3) is 3.75. The zero-order chi connectivity index (χ0) is 17.1. The van der Waals surface area contributed by atoms with Gasteiger partial charge in [-0.2, -0.15) is 0 Å². The summed E-state index contributed by atoms with van der Waals surface area (Å²) in [5.41, 5.74) is 2.92. The van der Waals surface area contributed by atoms with Crippen molar-refractivity contribution in [1.82, 2.24) is 14.8 Å². The molecule has 1 spiro atoms. The molecule has 1 aromatic carbocycles. The summed E-state index contributed by atoms with van der Waals surface area (Å²) in [7, 11) is 0. The van der Waals surface area contributed by atoms with Crippen LogP contribution < -0.4 is 0 Å². The first-order valence-corrected chi connectivity index (χ1v) is 9.34. The van der Waals surface area contributed by atoms with E-state index in [2.05, 4.69) is 26.9 Å². The van der Waals surface area contributed by atoms with Crippen LogP contribution in [0.5, 0.6) is 0 Å². The minimum atomic E-state index is -0.149. The minimum absolute atomic E-state index is 0.149. The fraction of sp³-hybridized carbons (Fsp3) is 0.476. The summed E-state index contributed by atoms with van der Waals surface area (Å²) in [5.74, 6) is -0.149. The summed E-state index contributed by atoms with van der Waals surface area (Å²) >= 11 is 0. The van der Waals surface area contributed by atoms with Crippen molar-refractivity contribution >= 4 is 0 Å². The summed E-state index contributed by atoms with van der Waals surface area (Å²) in [6, 6.07) is 11.2. The lowest BCUT2D eigenvalue weighted by molar-refractivity contribution is 0.0450. The van der Waals surface area contributed by atoms with Crippen LogP contribution in [0.15, 0.2) is 48.8 Å². The molecule has 3 nitrogen and oxygen atoms in total. The Morgan fingerprint density at radius 3 is 2.24 bits per heavy atom. The van der Waals surface area contributed by atoms with Crippen LogP contribution in [0.4, 0.5) is 4.39 Å². The molecule has 2 aliphatic rings. The number of piperidine rings is 1. The molecule has 2 fully saturated rings. The molecule has 2 aliphatic heterocycles. The molecule has 0 amide bonds. The second-order valence-electron chi connectivity index (χ2n) is 7.51. The number of halogens is 1. The van der Waals surface area contributed by atoms with Crippen molar-refractivity contribution in [2.24, 2.45) is 0 Å². The number of rotatable bonds is 4. The third-order valence-corrected chi connectivity index (χ3v) is 5.97. The normalized spacial score (nSPS) is 21.0. The Balaban J connectivity index is 1.38. The highest BCUT2D eigenvalue weighted by atomic mass is 19.1. The van der Waals surface area contributed by atoms with Crippen LogP contribution in [-0.2, 0) is 13.1 Å². The van der Waals surface area contributed by atoms with E-state index in [1.165, 1.54) is 43.4 Å². The van der Waals surface area contributed by atoms with Gasteiger partial charge in [0.15, 0.2) is 0 Å². The lowest BCUT2D eigenvalue weighted by Crippen LogP contribution is -2.51. The Morgan fingerprint density at radius 2 is 1.52 bits per heavy atom. The Morgan fingerprint density at radius 1 is 0.840 bits per heavy atom. The molecule has 0 atom stereocenters. The molecule has 132 valence electrons. The van der Waals surface area contributed by atoms with E-state index < -0.39 is 0 Å². The highest BCUT2D eigenvalue weighted by Crippen LogP contribution is 2.39. The highest BCUT2D eigenvalue weighted by molar-refractivity contribution is 5.17. The maximum absolute atomic E-state index is 13.1. The van der Waals surface area contributed by atoms with E-state index in [0.717, 1.165) is 26.2 Å². The predicted octanol–water partition coefficient (Wildman–Crippen LogP) is 3.85. The molecule has 0 saturated carbocycles. The zero-order valence-electron chi connectivity index (χ0n) is 14.7. The van der Waals surface area contributed by atoms with Crippen LogP contribution >= 0.6 is 0 Å². The van der Waals surface area contributed by atoms with Crippen molar-refractivity contribution < 1.29 is 4.39 Å². The first-order chi connectivity index (χ1) is 12.2. The second kappa shape index (κ2) is 7.22.